The predicted octanol–water partition coefficient (Wildman–Crippen LogP) is 3.03. The maximum absolute atomic E-state index is 12.7. The van der Waals surface area contributed by atoms with E-state index < -0.39 is 0 Å². The Bertz CT molecular complexity index is 1040. The number of nitrogens with zero attached hydrogens (tertiary/aromatic N) is 6. The summed E-state index contributed by atoms with van der Waals surface area (Å²) in [6, 6.07) is 13.7. The largest absolute Gasteiger partial charge is 0.494 e. The number of rotatable bonds is 6. The lowest BCUT2D eigenvalue weighted by Crippen LogP contribution is -2.49. The number of aryl methyl sites for hydroxylation is 2. The highest BCUT2D eigenvalue weighted by atomic mass is 16.5. The Morgan fingerprint density at radius 3 is 2.38 bits per heavy atom. The van der Waals surface area contributed by atoms with Crippen LogP contribution in [0.4, 0.5) is 10.5 Å². The number of piperazine rings is 1. The maximum atomic E-state index is 12.7. The van der Waals surface area contributed by atoms with E-state index in [4.69, 9.17) is 4.74 Å². The Kier molecular flexibility index (Phi) is 6.65. The summed E-state index contributed by atoms with van der Waals surface area (Å²) in [5.41, 5.74) is 4.00. The Morgan fingerprint density at radius 1 is 1.03 bits per heavy atom. The fourth-order valence-electron chi connectivity index (χ4n) is 3.91. The first-order valence-electron chi connectivity index (χ1n) is 10.9. The predicted molar refractivity (Wildman–Crippen MR) is 122 cm³/mol. The molecule has 2 amide bonds. The lowest BCUT2D eigenvalue weighted by atomic mass is 10.1. The minimum absolute atomic E-state index is 0.0612. The third-order valence-corrected chi connectivity index (χ3v) is 5.42. The highest BCUT2D eigenvalue weighted by molar-refractivity contribution is 5.89. The van der Waals surface area contributed by atoms with Crippen molar-refractivity contribution in [1.29, 1.82) is 0 Å². The van der Waals surface area contributed by atoms with Gasteiger partial charge < -0.3 is 15.0 Å². The van der Waals surface area contributed by atoms with E-state index in [1.54, 1.807) is 4.68 Å². The van der Waals surface area contributed by atoms with Crippen molar-refractivity contribution >= 4 is 11.7 Å². The van der Waals surface area contributed by atoms with Crippen molar-refractivity contribution in [1.82, 2.24) is 30.0 Å². The van der Waals surface area contributed by atoms with E-state index >= 15 is 0 Å². The summed E-state index contributed by atoms with van der Waals surface area (Å²) in [6.45, 7) is 10.1. The van der Waals surface area contributed by atoms with Crippen LogP contribution >= 0.6 is 0 Å². The minimum Gasteiger partial charge on any atom is -0.494 e. The van der Waals surface area contributed by atoms with Crippen LogP contribution in [-0.2, 0) is 6.54 Å². The summed E-state index contributed by atoms with van der Waals surface area (Å²) in [5.74, 6) is 1.59. The molecule has 0 radical (unpaired) electrons. The number of hydrogen-bond donors (Lipinski definition) is 1. The minimum atomic E-state index is -0.0612. The van der Waals surface area contributed by atoms with Crippen molar-refractivity contribution < 1.29 is 9.53 Å². The van der Waals surface area contributed by atoms with Gasteiger partial charge in [-0.25, -0.2) is 4.79 Å². The van der Waals surface area contributed by atoms with Crippen LogP contribution < -0.4 is 10.1 Å². The third-order valence-electron chi connectivity index (χ3n) is 5.42. The second kappa shape index (κ2) is 9.78. The van der Waals surface area contributed by atoms with Crippen molar-refractivity contribution in [2.24, 2.45) is 0 Å². The molecule has 168 valence electrons. The van der Waals surface area contributed by atoms with Crippen LogP contribution in [0.2, 0.25) is 0 Å². The van der Waals surface area contributed by atoms with Crippen LogP contribution in [-0.4, -0.2) is 68.8 Å². The summed E-state index contributed by atoms with van der Waals surface area (Å²) in [5, 5.41) is 15.2. The molecule has 1 aromatic heterocycles. The van der Waals surface area contributed by atoms with Crippen LogP contribution in [0.15, 0.2) is 42.5 Å². The van der Waals surface area contributed by atoms with Crippen LogP contribution in [0.5, 0.6) is 5.75 Å². The molecular formula is C23H29N7O2. The Morgan fingerprint density at radius 2 is 1.72 bits per heavy atom. The van der Waals surface area contributed by atoms with E-state index in [9.17, 15) is 4.79 Å². The molecule has 0 aliphatic carbocycles. The average molecular weight is 436 g/mol. The van der Waals surface area contributed by atoms with Crippen LogP contribution in [0, 0.1) is 13.8 Å². The van der Waals surface area contributed by atoms with E-state index in [2.05, 4.69) is 31.8 Å². The number of carbonyl (C=O) groups is 1. The molecular weight excluding hydrogens is 406 g/mol. The number of aromatic nitrogens is 4. The zero-order chi connectivity index (χ0) is 22.5. The van der Waals surface area contributed by atoms with E-state index in [0.29, 0.717) is 26.2 Å². The first kappa shape index (κ1) is 21.8. The quantitative estimate of drug-likeness (QED) is 0.640. The molecule has 1 N–H and O–H groups in total. The lowest BCUT2D eigenvalue weighted by molar-refractivity contribution is 0.140. The Hall–Kier alpha value is -3.46. The molecule has 1 aliphatic rings. The molecule has 4 rings (SSSR count). The molecule has 9 heteroatoms. The van der Waals surface area contributed by atoms with E-state index in [-0.39, 0.29) is 6.03 Å². The van der Waals surface area contributed by atoms with Gasteiger partial charge in [0.05, 0.1) is 18.8 Å². The van der Waals surface area contributed by atoms with Gasteiger partial charge in [0.1, 0.15) is 5.75 Å². The number of hydrogen-bond acceptors (Lipinski definition) is 6. The monoisotopic (exact) mass is 435 g/mol. The lowest BCUT2D eigenvalue weighted by Gasteiger charge is -2.34. The molecule has 3 aromatic rings. The van der Waals surface area contributed by atoms with Crippen LogP contribution in [0.3, 0.4) is 0 Å². The van der Waals surface area contributed by atoms with Crippen molar-refractivity contribution in [3.63, 3.8) is 0 Å². The standard InChI is InChI=1S/C23H29N7O2/c1-4-32-21-7-5-20(6-8-21)30-22(25-26-27-30)16-28-9-11-29(12-10-28)23(31)24-19-14-17(2)13-18(3)15-19/h5-8,13-15H,4,9-12,16H2,1-3H3,(H,24,31). The van der Waals surface area contributed by atoms with Crippen molar-refractivity contribution in [2.75, 3.05) is 38.1 Å². The first-order chi connectivity index (χ1) is 15.5. The number of ether oxygens (including phenoxy) is 1. The highest BCUT2D eigenvalue weighted by Gasteiger charge is 2.23. The van der Waals surface area contributed by atoms with Gasteiger partial charge in [0.15, 0.2) is 5.82 Å². The van der Waals surface area contributed by atoms with Gasteiger partial charge in [-0.2, -0.15) is 4.68 Å². The molecule has 2 aromatic carbocycles. The molecule has 9 nitrogen and oxygen atoms in total. The molecule has 0 spiro atoms. The fourth-order valence-corrected chi connectivity index (χ4v) is 3.91. The van der Waals surface area contributed by atoms with E-state index in [1.165, 1.54) is 0 Å². The zero-order valence-corrected chi connectivity index (χ0v) is 18.8. The van der Waals surface area contributed by atoms with Gasteiger partial charge in [-0.1, -0.05) is 6.07 Å². The molecule has 1 saturated heterocycles. The van der Waals surface area contributed by atoms with Crippen LogP contribution in [0.1, 0.15) is 23.9 Å². The summed E-state index contributed by atoms with van der Waals surface area (Å²) >= 11 is 0. The second-order valence-electron chi connectivity index (χ2n) is 8.00. The third kappa shape index (κ3) is 5.23. The van der Waals surface area contributed by atoms with Crippen molar-refractivity contribution in [2.45, 2.75) is 27.3 Å². The van der Waals surface area contributed by atoms with Gasteiger partial charge in [-0.05, 0) is 78.7 Å². The molecule has 0 bridgehead atoms. The molecule has 0 saturated carbocycles. The molecule has 2 heterocycles. The SMILES string of the molecule is CCOc1ccc(-n2nnnc2CN2CCN(C(=O)Nc3cc(C)cc(C)c3)CC2)cc1. The summed E-state index contributed by atoms with van der Waals surface area (Å²) in [4.78, 5) is 16.8. The topological polar surface area (TPSA) is 88.4 Å². The van der Waals surface area contributed by atoms with Gasteiger partial charge in [0, 0.05) is 31.9 Å². The first-order valence-corrected chi connectivity index (χ1v) is 10.9. The average Bonchev–Trinajstić information content (AvgIpc) is 3.22. The van der Waals surface area contributed by atoms with Gasteiger partial charge in [0.25, 0.3) is 0 Å². The maximum Gasteiger partial charge on any atom is 0.321 e. The molecule has 1 fully saturated rings. The van der Waals surface area contributed by atoms with Crippen LogP contribution in [0.25, 0.3) is 5.69 Å². The molecule has 32 heavy (non-hydrogen) atoms. The number of urea groups is 1. The fraction of sp³-hybridized carbons (Fsp3) is 0.391. The summed E-state index contributed by atoms with van der Waals surface area (Å²) < 4.78 is 7.25. The van der Waals surface area contributed by atoms with Crippen molar-refractivity contribution in [3.8, 4) is 11.4 Å². The Balaban J connectivity index is 1.33. The number of anilines is 1. The number of amides is 2. The molecule has 0 atom stereocenters. The zero-order valence-electron chi connectivity index (χ0n) is 18.8. The van der Waals surface area contributed by atoms with Gasteiger partial charge in [0.2, 0.25) is 0 Å². The van der Waals surface area contributed by atoms with Gasteiger partial charge >= 0.3 is 6.03 Å². The normalized spacial score (nSPS) is 14.4. The second-order valence-corrected chi connectivity index (χ2v) is 8.00. The molecule has 1 aliphatic heterocycles. The van der Waals surface area contributed by atoms with E-state index in [0.717, 1.165) is 47.2 Å². The number of benzene rings is 2. The van der Waals surface area contributed by atoms with Gasteiger partial charge in [-0.3, -0.25) is 4.90 Å². The Labute approximate surface area is 188 Å². The number of carbonyl (C=O) groups excluding carboxylic acids is 1. The highest BCUT2D eigenvalue weighted by Crippen LogP contribution is 2.17. The van der Waals surface area contributed by atoms with E-state index in [1.807, 2.05) is 62.1 Å². The molecule has 0 unspecified atom stereocenters. The van der Waals surface area contributed by atoms with Gasteiger partial charge in [-0.15, -0.1) is 5.10 Å². The number of tetrazole rings is 1. The van der Waals surface area contributed by atoms with Crippen molar-refractivity contribution in [3.05, 3.63) is 59.4 Å². The number of nitrogens with one attached hydrogen (secondary N) is 1. The summed E-state index contributed by atoms with van der Waals surface area (Å²) in [7, 11) is 0. The summed E-state index contributed by atoms with van der Waals surface area (Å²) in [6.07, 6.45) is 0. The smallest absolute Gasteiger partial charge is 0.321 e.